The second-order valence-electron chi connectivity index (χ2n) is 3.23. The zero-order valence-corrected chi connectivity index (χ0v) is 11.5. The smallest absolute Gasteiger partial charge is 0.330 e. The lowest BCUT2D eigenvalue weighted by Gasteiger charge is -2.17. The fourth-order valence-corrected chi connectivity index (χ4v) is 3.85. The van der Waals surface area contributed by atoms with Crippen LogP contribution in [0.4, 0.5) is 0 Å². The number of hydrogen-bond donors (Lipinski definition) is 2. The Balaban J connectivity index is 4.13. The zero-order valence-electron chi connectivity index (χ0n) is 9.66. The van der Waals surface area contributed by atoms with Crippen molar-refractivity contribution in [2.75, 3.05) is 31.9 Å². The van der Waals surface area contributed by atoms with Crippen LogP contribution in [-0.4, -0.2) is 41.9 Å². The van der Waals surface area contributed by atoms with E-state index in [0.29, 0.717) is 0 Å². The standard InChI is InChI=1S/C8H20O6P2/c1-3-13-16(12,14-4-2)7-5-6-15(10,11)8-9/h9H,3-8H2,1-2H3,(H,10,11). The summed E-state index contributed by atoms with van der Waals surface area (Å²) < 4.78 is 33.1. The van der Waals surface area contributed by atoms with E-state index >= 15 is 0 Å². The van der Waals surface area contributed by atoms with Crippen LogP contribution in [0.3, 0.4) is 0 Å². The quantitative estimate of drug-likeness (QED) is 0.623. The van der Waals surface area contributed by atoms with Crippen molar-refractivity contribution >= 4 is 15.0 Å². The van der Waals surface area contributed by atoms with Gasteiger partial charge >= 0.3 is 7.60 Å². The minimum atomic E-state index is -3.47. The predicted octanol–water partition coefficient (Wildman–Crippen LogP) is 1.86. The van der Waals surface area contributed by atoms with Gasteiger partial charge in [-0.15, -0.1) is 0 Å². The molecule has 0 rings (SSSR count). The molecular weight excluding hydrogens is 254 g/mol. The summed E-state index contributed by atoms with van der Waals surface area (Å²) in [6.07, 6.45) is -0.501. The Hall–Kier alpha value is 0.300. The number of aliphatic hydroxyl groups is 1. The van der Waals surface area contributed by atoms with Crippen molar-refractivity contribution in [1.82, 2.24) is 0 Å². The summed E-state index contributed by atoms with van der Waals surface area (Å²) in [6.45, 7) is 3.95. The zero-order chi connectivity index (χ0) is 12.7. The topological polar surface area (TPSA) is 93.1 Å². The van der Waals surface area contributed by atoms with Crippen LogP contribution in [0.2, 0.25) is 0 Å². The molecule has 98 valence electrons. The molecule has 0 heterocycles. The Labute approximate surface area is 95.9 Å². The minimum absolute atomic E-state index is 0.0758. The Morgan fingerprint density at radius 1 is 1.06 bits per heavy atom. The lowest BCUT2D eigenvalue weighted by Crippen LogP contribution is -2.03. The first-order chi connectivity index (χ1) is 7.39. The van der Waals surface area contributed by atoms with Crippen LogP contribution >= 0.6 is 15.0 Å². The Bertz CT molecular complexity index is 270. The lowest BCUT2D eigenvalue weighted by atomic mass is 10.6. The number of aliphatic hydroxyl groups excluding tert-OH is 1. The molecule has 0 aromatic rings. The van der Waals surface area contributed by atoms with Crippen molar-refractivity contribution in [3.05, 3.63) is 0 Å². The molecule has 0 aromatic carbocycles. The first-order valence-corrected chi connectivity index (χ1v) is 8.94. The molecule has 1 unspecified atom stereocenters. The second kappa shape index (κ2) is 7.59. The van der Waals surface area contributed by atoms with E-state index in [1.807, 2.05) is 0 Å². The lowest BCUT2D eigenvalue weighted by molar-refractivity contribution is 0.220. The highest BCUT2D eigenvalue weighted by atomic mass is 31.2. The number of hydrogen-bond acceptors (Lipinski definition) is 5. The van der Waals surface area contributed by atoms with Gasteiger partial charge in [-0.1, -0.05) is 0 Å². The van der Waals surface area contributed by atoms with Gasteiger partial charge in [0.05, 0.1) is 19.4 Å². The fraction of sp³-hybridized carbons (Fsp3) is 1.00. The molecule has 0 radical (unpaired) electrons. The first-order valence-electron chi connectivity index (χ1n) is 5.19. The Morgan fingerprint density at radius 3 is 1.94 bits per heavy atom. The van der Waals surface area contributed by atoms with E-state index in [1.54, 1.807) is 13.8 Å². The molecule has 6 nitrogen and oxygen atoms in total. The Kier molecular flexibility index (Phi) is 7.73. The van der Waals surface area contributed by atoms with Gasteiger partial charge in [0, 0.05) is 6.16 Å². The van der Waals surface area contributed by atoms with Gasteiger partial charge in [-0.3, -0.25) is 9.13 Å². The molecule has 0 spiro atoms. The molecule has 0 aliphatic heterocycles. The maximum atomic E-state index is 11.9. The van der Waals surface area contributed by atoms with Crippen LogP contribution < -0.4 is 0 Å². The van der Waals surface area contributed by atoms with Crippen LogP contribution in [0.5, 0.6) is 0 Å². The molecule has 16 heavy (non-hydrogen) atoms. The summed E-state index contributed by atoms with van der Waals surface area (Å²) in [6, 6.07) is 0. The summed E-state index contributed by atoms with van der Waals surface area (Å²) in [5, 5.41) is 8.59. The monoisotopic (exact) mass is 274 g/mol. The van der Waals surface area contributed by atoms with E-state index in [9.17, 15) is 9.13 Å². The highest BCUT2D eigenvalue weighted by molar-refractivity contribution is 7.58. The summed E-state index contributed by atoms with van der Waals surface area (Å²) in [5.74, 6) is 0. The molecule has 0 saturated carbocycles. The van der Waals surface area contributed by atoms with Gasteiger partial charge < -0.3 is 19.0 Å². The van der Waals surface area contributed by atoms with Crippen molar-refractivity contribution in [3.8, 4) is 0 Å². The third kappa shape index (κ3) is 6.79. The van der Waals surface area contributed by atoms with E-state index in [1.165, 1.54) is 0 Å². The molecule has 0 aromatic heterocycles. The average Bonchev–Trinajstić information content (AvgIpc) is 2.18. The van der Waals surface area contributed by atoms with Crippen molar-refractivity contribution in [3.63, 3.8) is 0 Å². The van der Waals surface area contributed by atoms with E-state index in [-0.39, 0.29) is 32.0 Å². The third-order valence-electron chi connectivity index (χ3n) is 1.81. The molecule has 0 amide bonds. The van der Waals surface area contributed by atoms with Crippen molar-refractivity contribution < 1.29 is 28.2 Å². The molecule has 2 N–H and O–H groups in total. The van der Waals surface area contributed by atoms with E-state index in [4.69, 9.17) is 19.0 Å². The Morgan fingerprint density at radius 2 is 1.56 bits per heavy atom. The molecular formula is C8H20O6P2. The van der Waals surface area contributed by atoms with Gasteiger partial charge in [-0.25, -0.2) is 0 Å². The summed E-state index contributed by atoms with van der Waals surface area (Å²) in [7, 11) is -6.60. The molecule has 0 fully saturated rings. The van der Waals surface area contributed by atoms with Gasteiger partial charge in [0.2, 0.25) is 7.37 Å². The molecule has 8 heteroatoms. The second-order valence-corrected chi connectivity index (χ2v) is 7.84. The maximum absolute atomic E-state index is 11.9. The molecule has 1 atom stereocenters. The fourth-order valence-electron chi connectivity index (χ4n) is 1.14. The van der Waals surface area contributed by atoms with Gasteiger partial charge in [0.25, 0.3) is 0 Å². The van der Waals surface area contributed by atoms with Crippen molar-refractivity contribution in [1.29, 1.82) is 0 Å². The van der Waals surface area contributed by atoms with E-state index < -0.39 is 21.3 Å². The van der Waals surface area contributed by atoms with Crippen LogP contribution in [-0.2, 0) is 18.2 Å². The molecule has 0 saturated heterocycles. The van der Waals surface area contributed by atoms with Crippen LogP contribution in [0.15, 0.2) is 0 Å². The molecule has 0 aliphatic rings. The van der Waals surface area contributed by atoms with Crippen LogP contribution in [0.25, 0.3) is 0 Å². The summed E-state index contributed by atoms with van der Waals surface area (Å²) in [4.78, 5) is 9.11. The summed E-state index contributed by atoms with van der Waals surface area (Å²) in [5.41, 5.74) is 0. The van der Waals surface area contributed by atoms with E-state index in [2.05, 4.69) is 0 Å². The van der Waals surface area contributed by atoms with Crippen molar-refractivity contribution in [2.45, 2.75) is 20.3 Å². The van der Waals surface area contributed by atoms with Crippen molar-refractivity contribution in [2.24, 2.45) is 0 Å². The van der Waals surface area contributed by atoms with Crippen LogP contribution in [0, 0.1) is 0 Å². The summed E-state index contributed by atoms with van der Waals surface area (Å²) >= 11 is 0. The molecule has 0 aliphatic carbocycles. The third-order valence-corrected chi connectivity index (χ3v) is 5.44. The highest BCUT2D eigenvalue weighted by Crippen LogP contribution is 2.50. The highest BCUT2D eigenvalue weighted by Gasteiger charge is 2.25. The number of rotatable bonds is 9. The normalized spacial score (nSPS) is 16.0. The predicted molar refractivity (Wildman–Crippen MR) is 62.1 cm³/mol. The average molecular weight is 274 g/mol. The van der Waals surface area contributed by atoms with Gasteiger partial charge in [-0.05, 0) is 20.3 Å². The minimum Gasteiger partial charge on any atom is -0.386 e. The SMILES string of the molecule is CCOP(=O)(CCCP(=O)(O)CO)OCC. The van der Waals surface area contributed by atoms with Gasteiger partial charge in [-0.2, -0.15) is 0 Å². The first kappa shape index (κ1) is 16.3. The van der Waals surface area contributed by atoms with Crippen LogP contribution in [0.1, 0.15) is 20.3 Å². The molecule has 0 bridgehead atoms. The largest absolute Gasteiger partial charge is 0.386 e. The maximum Gasteiger partial charge on any atom is 0.330 e. The van der Waals surface area contributed by atoms with Gasteiger partial charge in [0.1, 0.15) is 6.35 Å². The van der Waals surface area contributed by atoms with E-state index in [0.717, 1.165) is 0 Å². The van der Waals surface area contributed by atoms with Gasteiger partial charge in [0.15, 0.2) is 0 Å².